The van der Waals surface area contributed by atoms with Crippen LogP contribution in [0.25, 0.3) is 11.1 Å². The van der Waals surface area contributed by atoms with Crippen LogP contribution in [0.3, 0.4) is 0 Å². The number of nitrogens with zero attached hydrogens (tertiary/aromatic N) is 2. The molecule has 0 amide bonds. The van der Waals surface area contributed by atoms with Gasteiger partial charge in [-0.15, -0.1) is 0 Å². The second-order valence-electron chi connectivity index (χ2n) is 6.51. The lowest BCUT2D eigenvalue weighted by atomic mass is 9.92. The molecule has 0 fully saturated rings. The van der Waals surface area contributed by atoms with Gasteiger partial charge >= 0.3 is 0 Å². The Morgan fingerprint density at radius 2 is 2.04 bits per heavy atom. The number of hydrogen-bond acceptors (Lipinski definition) is 3. The zero-order chi connectivity index (χ0) is 17.9. The van der Waals surface area contributed by atoms with Gasteiger partial charge in [0.2, 0.25) is 0 Å². The predicted molar refractivity (Wildman–Crippen MR) is 101 cm³/mol. The van der Waals surface area contributed by atoms with E-state index in [1.165, 1.54) is 11.6 Å². The van der Waals surface area contributed by atoms with Gasteiger partial charge in [-0.3, -0.25) is 9.97 Å². The first kappa shape index (κ1) is 17.1. The lowest BCUT2D eigenvalue weighted by Crippen LogP contribution is -2.26. The molecule has 0 bridgehead atoms. The number of aryl methyl sites for hydroxylation is 1. The van der Waals surface area contributed by atoms with E-state index < -0.39 is 0 Å². The van der Waals surface area contributed by atoms with Crippen LogP contribution in [-0.2, 0) is 13.0 Å². The van der Waals surface area contributed by atoms with E-state index >= 15 is 0 Å². The average Bonchev–Trinajstić information content (AvgIpc) is 2.67. The minimum atomic E-state index is -0.338. The highest BCUT2D eigenvalue weighted by Crippen LogP contribution is 2.30. The molecule has 5 heteroatoms. The summed E-state index contributed by atoms with van der Waals surface area (Å²) in [5, 5.41) is 3.94. The van der Waals surface area contributed by atoms with E-state index in [9.17, 15) is 4.39 Å². The summed E-state index contributed by atoms with van der Waals surface area (Å²) in [6.07, 6.45) is 6.86. The molecule has 132 valence electrons. The van der Waals surface area contributed by atoms with E-state index in [4.69, 9.17) is 11.6 Å². The van der Waals surface area contributed by atoms with Gasteiger partial charge in [-0.05, 0) is 49.1 Å². The molecule has 1 aliphatic rings. The normalized spacial score (nSPS) is 16.3. The van der Waals surface area contributed by atoms with Gasteiger partial charge in [-0.1, -0.05) is 29.8 Å². The smallest absolute Gasteiger partial charge is 0.132 e. The Kier molecular flexibility index (Phi) is 4.96. The molecule has 1 unspecified atom stereocenters. The Morgan fingerprint density at radius 3 is 2.85 bits per heavy atom. The molecule has 3 aromatic rings. The summed E-state index contributed by atoms with van der Waals surface area (Å²) >= 11 is 6.13. The molecule has 0 saturated heterocycles. The Morgan fingerprint density at radius 1 is 1.12 bits per heavy atom. The Bertz CT molecular complexity index is 891. The highest BCUT2D eigenvalue weighted by atomic mass is 35.5. The van der Waals surface area contributed by atoms with E-state index in [-0.39, 0.29) is 11.9 Å². The fourth-order valence-electron chi connectivity index (χ4n) is 3.49. The Hall–Kier alpha value is -2.30. The summed E-state index contributed by atoms with van der Waals surface area (Å²) in [6.45, 7) is 0.645. The van der Waals surface area contributed by atoms with Crippen molar-refractivity contribution < 1.29 is 4.39 Å². The molecule has 0 aliphatic heterocycles. The van der Waals surface area contributed by atoms with Crippen molar-refractivity contribution in [2.45, 2.75) is 31.8 Å². The van der Waals surface area contributed by atoms with Crippen LogP contribution in [-0.4, -0.2) is 9.97 Å². The largest absolute Gasteiger partial charge is 0.303 e. The number of rotatable bonds is 4. The average molecular weight is 368 g/mol. The van der Waals surface area contributed by atoms with Gasteiger partial charge in [-0.2, -0.15) is 0 Å². The molecule has 2 aromatic heterocycles. The van der Waals surface area contributed by atoms with Gasteiger partial charge in [0, 0.05) is 30.1 Å². The molecule has 4 rings (SSSR count). The first-order valence-corrected chi connectivity index (χ1v) is 9.16. The van der Waals surface area contributed by atoms with Gasteiger partial charge in [0.15, 0.2) is 0 Å². The van der Waals surface area contributed by atoms with Gasteiger partial charge in [-0.25, -0.2) is 4.39 Å². The maximum Gasteiger partial charge on any atom is 0.132 e. The molecule has 3 nitrogen and oxygen atoms in total. The summed E-state index contributed by atoms with van der Waals surface area (Å²) in [4.78, 5) is 9.02. The van der Waals surface area contributed by atoms with Crippen LogP contribution in [0.5, 0.6) is 0 Å². The van der Waals surface area contributed by atoms with Crippen LogP contribution in [0.4, 0.5) is 4.39 Å². The summed E-state index contributed by atoms with van der Waals surface area (Å²) in [7, 11) is 0. The second-order valence-corrected chi connectivity index (χ2v) is 6.92. The molecule has 0 radical (unpaired) electrons. The van der Waals surface area contributed by atoms with Crippen molar-refractivity contribution in [2.75, 3.05) is 0 Å². The predicted octanol–water partition coefficient (Wildman–Crippen LogP) is 5.10. The number of hydrogen-bond donors (Lipinski definition) is 1. The van der Waals surface area contributed by atoms with E-state index in [0.717, 1.165) is 30.7 Å². The molecule has 2 heterocycles. The van der Waals surface area contributed by atoms with Crippen LogP contribution in [0.2, 0.25) is 5.02 Å². The Balaban J connectivity index is 1.48. The van der Waals surface area contributed by atoms with Crippen molar-refractivity contribution in [3.8, 4) is 11.1 Å². The van der Waals surface area contributed by atoms with Crippen molar-refractivity contribution in [2.24, 2.45) is 0 Å². The van der Waals surface area contributed by atoms with Crippen LogP contribution >= 0.6 is 11.6 Å². The van der Waals surface area contributed by atoms with Crippen molar-refractivity contribution in [1.82, 2.24) is 15.3 Å². The summed E-state index contributed by atoms with van der Waals surface area (Å²) in [5.74, 6) is -0.338. The van der Waals surface area contributed by atoms with Gasteiger partial charge in [0.25, 0.3) is 0 Å². The summed E-state index contributed by atoms with van der Waals surface area (Å²) in [6, 6.07) is 12.9. The first-order valence-electron chi connectivity index (χ1n) is 8.79. The van der Waals surface area contributed by atoms with Crippen LogP contribution in [0.15, 0.2) is 54.9 Å². The number of benzene rings is 1. The minimum absolute atomic E-state index is 0.252. The highest BCUT2D eigenvalue weighted by molar-refractivity contribution is 6.33. The number of halogens is 2. The van der Waals surface area contributed by atoms with Crippen molar-refractivity contribution in [1.29, 1.82) is 0 Å². The topological polar surface area (TPSA) is 37.8 Å². The first-order chi connectivity index (χ1) is 12.7. The summed E-state index contributed by atoms with van der Waals surface area (Å²) in [5.41, 5.74) is 4.46. The zero-order valence-corrected chi connectivity index (χ0v) is 15.0. The fourth-order valence-corrected chi connectivity index (χ4v) is 3.76. The number of aromatic nitrogens is 2. The zero-order valence-electron chi connectivity index (χ0n) is 14.3. The van der Waals surface area contributed by atoms with E-state index in [0.29, 0.717) is 22.7 Å². The van der Waals surface area contributed by atoms with Crippen molar-refractivity contribution in [3.63, 3.8) is 0 Å². The SMILES string of the molecule is Fc1cccc(Cl)c1-c1ccc(CNC2CCCc3cccnc32)nc1. The number of fused-ring (bicyclic) bond motifs is 1. The molecule has 0 saturated carbocycles. The lowest BCUT2D eigenvalue weighted by Gasteiger charge is -2.25. The molecular formula is C21H19ClFN3. The van der Waals surface area contributed by atoms with E-state index in [1.54, 1.807) is 18.3 Å². The monoisotopic (exact) mass is 367 g/mol. The molecule has 1 atom stereocenters. The number of nitrogens with one attached hydrogen (secondary N) is 1. The molecular weight excluding hydrogens is 349 g/mol. The third-order valence-electron chi connectivity index (χ3n) is 4.80. The van der Waals surface area contributed by atoms with E-state index in [1.807, 2.05) is 24.4 Å². The Labute approximate surface area is 157 Å². The standard InChI is InChI=1S/C21H19ClFN3/c22-17-6-2-7-18(23)20(17)15-9-10-16(25-12-15)13-26-19-8-1-4-14-5-3-11-24-21(14)19/h2-3,5-7,9-12,19,26H,1,4,8,13H2. The molecule has 1 N–H and O–H groups in total. The fraction of sp³-hybridized carbons (Fsp3) is 0.238. The van der Waals surface area contributed by atoms with Crippen LogP contribution < -0.4 is 5.32 Å². The molecule has 1 aromatic carbocycles. The maximum atomic E-state index is 14.0. The summed E-state index contributed by atoms with van der Waals surface area (Å²) < 4.78 is 14.0. The minimum Gasteiger partial charge on any atom is -0.303 e. The highest BCUT2D eigenvalue weighted by Gasteiger charge is 2.20. The molecule has 0 spiro atoms. The molecule has 1 aliphatic carbocycles. The third kappa shape index (κ3) is 3.48. The van der Waals surface area contributed by atoms with Crippen molar-refractivity contribution >= 4 is 11.6 Å². The lowest BCUT2D eigenvalue weighted by molar-refractivity contribution is 0.445. The van der Waals surface area contributed by atoms with Gasteiger partial charge in [0.1, 0.15) is 5.82 Å². The number of pyridine rings is 2. The second kappa shape index (κ2) is 7.52. The van der Waals surface area contributed by atoms with Crippen molar-refractivity contribution in [3.05, 3.63) is 82.6 Å². The van der Waals surface area contributed by atoms with E-state index in [2.05, 4.69) is 21.4 Å². The van der Waals surface area contributed by atoms with Crippen LogP contribution in [0, 0.1) is 5.82 Å². The quantitative estimate of drug-likeness (QED) is 0.696. The van der Waals surface area contributed by atoms with Gasteiger partial charge in [0.05, 0.1) is 22.5 Å². The van der Waals surface area contributed by atoms with Crippen LogP contribution in [0.1, 0.15) is 35.8 Å². The maximum absolute atomic E-state index is 14.0. The third-order valence-corrected chi connectivity index (χ3v) is 5.12. The molecule has 26 heavy (non-hydrogen) atoms. The van der Waals surface area contributed by atoms with Gasteiger partial charge < -0.3 is 5.32 Å².